The van der Waals surface area contributed by atoms with Crippen LogP contribution in [0.1, 0.15) is 6.42 Å². The molecule has 0 unspecified atom stereocenters. The van der Waals surface area contributed by atoms with E-state index in [-0.39, 0.29) is 0 Å². The first-order chi connectivity index (χ1) is 8.65. The lowest BCUT2D eigenvalue weighted by Gasteiger charge is -2.18. The molecular formula is C13H20N4O. The maximum absolute atomic E-state index is 5.80. The summed E-state index contributed by atoms with van der Waals surface area (Å²) in [4.78, 5) is 4.38. The summed E-state index contributed by atoms with van der Waals surface area (Å²) >= 11 is 0. The second kappa shape index (κ2) is 5.53. The minimum absolute atomic E-state index is 0.630. The standard InChI is InChI=1S/C13H20N4O/c1-16-6-7-17(10-16)5-2-8-18-13-9-11(14)3-4-12(13)15/h3-4,6-7,9H,2,5,8,10,14-15H2,1H3. The van der Waals surface area contributed by atoms with Crippen molar-refractivity contribution in [1.82, 2.24) is 9.80 Å². The Morgan fingerprint density at radius 2 is 2.11 bits per heavy atom. The molecule has 0 amide bonds. The van der Waals surface area contributed by atoms with Crippen molar-refractivity contribution in [3.63, 3.8) is 0 Å². The van der Waals surface area contributed by atoms with Crippen LogP contribution in [-0.2, 0) is 0 Å². The first kappa shape index (κ1) is 12.4. The largest absolute Gasteiger partial charge is 0.491 e. The molecule has 0 saturated carbocycles. The summed E-state index contributed by atoms with van der Waals surface area (Å²) in [5.74, 6) is 0.670. The fraction of sp³-hybridized carbons (Fsp3) is 0.385. The summed E-state index contributed by atoms with van der Waals surface area (Å²) in [5, 5.41) is 0. The quantitative estimate of drug-likeness (QED) is 0.607. The van der Waals surface area contributed by atoms with Crippen molar-refractivity contribution < 1.29 is 4.74 Å². The van der Waals surface area contributed by atoms with Crippen molar-refractivity contribution in [2.75, 3.05) is 38.3 Å². The highest BCUT2D eigenvalue weighted by atomic mass is 16.5. The molecule has 1 aromatic rings. The lowest BCUT2D eigenvalue weighted by Crippen LogP contribution is -2.24. The van der Waals surface area contributed by atoms with E-state index < -0.39 is 0 Å². The Labute approximate surface area is 108 Å². The predicted octanol–water partition coefficient (Wildman–Crippen LogP) is 1.30. The number of hydrogen-bond acceptors (Lipinski definition) is 5. The van der Waals surface area contributed by atoms with Crippen LogP contribution in [0.4, 0.5) is 11.4 Å². The second-order valence-electron chi connectivity index (χ2n) is 4.51. The molecule has 1 aliphatic rings. The molecule has 5 nitrogen and oxygen atoms in total. The number of ether oxygens (including phenoxy) is 1. The molecule has 4 N–H and O–H groups in total. The molecule has 2 rings (SSSR count). The fourth-order valence-electron chi connectivity index (χ4n) is 1.86. The second-order valence-corrected chi connectivity index (χ2v) is 4.51. The first-order valence-corrected chi connectivity index (χ1v) is 6.05. The highest BCUT2D eigenvalue weighted by Crippen LogP contribution is 2.23. The molecule has 1 aliphatic heterocycles. The van der Waals surface area contributed by atoms with E-state index in [1.54, 1.807) is 18.2 Å². The van der Waals surface area contributed by atoms with Crippen molar-refractivity contribution in [2.45, 2.75) is 6.42 Å². The maximum atomic E-state index is 5.80. The van der Waals surface area contributed by atoms with Gasteiger partial charge in [0.1, 0.15) is 5.75 Å². The molecule has 98 valence electrons. The molecular weight excluding hydrogens is 228 g/mol. The maximum Gasteiger partial charge on any atom is 0.144 e. The highest BCUT2D eigenvalue weighted by molar-refractivity contribution is 5.59. The molecule has 0 aromatic heterocycles. The third-order valence-corrected chi connectivity index (χ3v) is 2.82. The van der Waals surface area contributed by atoms with Gasteiger partial charge in [-0.15, -0.1) is 0 Å². The van der Waals surface area contributed by atoms with Gasteiger partial charge in [0.25, 0.3) is 0 Å². The molecule has 5 heteroatoms. The van der Waals surface area contributed by atoms with Gasteiger partial charge in [-0.1, -0.05) is 0 Å². The number of benzene rings is 1. The Morgan fingerprint density at radius 1 is 1.28 bits per heavy atom. The fourth-order valence-corrected chi connectivity index (χ4v) is 1.86. The Kier molecular flexibility index (Phi) is 3.82. The van der Waals surface area contributed by atoms with Crippen molar-refractivity contribution in [1.29, 1.82) is 0 Å². The minimum Gasteiger partial charge on any atom is -0.491 e. The van der Waals surface area contributed by atoms with Gasteiger partial charge >= 0.3 is 0 Å². The molecule has 0 fully saturated rings. The van der Waals surface area contributed by atoms with Crippen LogP contribution in [0.25, 0.3) is 0 Å². The first-order valence-electron chi connectivity index (χ1n) is 6.05. The van der Waals surface area contributed by atoms with Gasteiger partial charge in [0, 0.05) is 37.7 Å². The van der Waals surface area contributed by atoms with Gasteiger partial charge in [-0.25, -0.2) is 0 Å². The Hall–Kier alpha value is -2.04. The third kappa shape index (κ3) is 3.23. The van der Waals surface area contributed by atoms with E-state index in [2.05, 4.69) is 29.2 Å². The average Bonchev–Trinajstić information content (AvgIpc) is 2.75. The van der Waals surface area contributed by atoms with Crippen LogP contribution < -0.4 is 16.2 Å². The zero-order valence-electron chi connectivity index (χ0n) is 10.7. The van der Waals surface area contributed by atoms with Crippen molar-refractivity contribution >= 4 is 11.4 Å². The number of anilines is 2. The lowest BCUT2D eigenvalue weighted by molar-refractivity contribution is 0.254. The summed E-state index contributed by atoms with van der Waals surface area (Å²) in [7, 11) is 2.06. The lowest BCUT2D eigenvalue weighted by atomic mass is 10.2. The van der Waals surface area contributed by atoms with Crippen LogP contribution in [0.2, 0.25) is 0 Å². The van der Waals surface area contributed by atoms with Crippen LogP contribution in [0.15, 0.2) is 30.6 Å². The summed E-state index contributed by atoms with van der Waals surface area (Å²) in [6, 6.07) is 5.30. The third-order valence-electron chi connectivity index (χ3n) is 2.82. The van der Waals surface area contributed by atoms with Crippen LogP contribution >= 0.6 is 0 Å². The van der Waals surface area contributed by atoms with Crippen LogP contribution in [0, 0.1) is 0 Å². The zero-order valence-corrected chi connectivity index (χ0v) is 10.7. The van der Waals surface area contributed by atoms with Crippen molar-refractivity contribution in [2.24, 2.45) is 0 Å². The van der Waals surface area contributed by atoms with Gasteiger partial charge in [0.15, 0.2) is 0 Å². The van der Waals surface area contributed by atoms with E-state index in [0.29, 0.717) is 23.7 Å². The van der Waals surface area contributed by atoms with E-state index >= 15 is 0 Å². The molecule has 1 aromatic carbocycles. The molecule has 0 saturated heterocycles. The number of nitrogens with two attached hydrogens (primary N) is 2. The predicted molar refractivity (Wildman–Crippen MR) is 73.9 cm³/mol. The SMILES string of the molecule is CN1C=CN(CCCOc2cc(N)ccc2N)C1. The molecule has 0 atom stereocenters. The summed E-state index contributed by atoms with van der Waals surface area (Å²) in [5.41, 5.74) is 12.8. The van der Waals surface area contributed by atoms with Gasteiger partial charge < -0.3 is 26.0 Å². The Balaban J connectivity index is 1.72. The van der Waals surface area contributed by atoms with E-state index in [4.69, 9.17) is 16.2 Å². The minimum atomic E-state index is 0.630. The molecule has 0 bridgehead atoms. The van der Waals surface area contributed by atoms with Crippen LogP contribution in [-0.4, -0.2) is 36.7 Å². The van der Waals surface area contributed by atoms with Gasteiger partial charge in [0.2, 0.25) is 0 Å². The van der Waals surface area contributed by atoms with E-state index in [1.165, 1.54) is 0 Å². The Bertz CT molecular complexity index is 433. The van der Waals surface area contributed by atoms with Crippen LogP contribution in [0.3, 0.4) is 0 Å². The van der Waals surface area contributed by atoms with Crippen LogP contribution in [0.5, 0.6) is 5.75 Å². The normalized spacial score (nSPS) is 14.3. The number of hydrogen-bond donors (Lipinski definition) is 2. The van der Waals surface area contributed by atoms with E-state index in [1.807, 2.05) is 0 Å². The van der Waals surface area contributed by atoms with Gasteiger partial charge in [-0.3, -0.25) is 0 Å². The Morgan fingerprint density at radius 3 is 2.83 bits per heavy atom. The zero-order chi connectivity index (χ0) is 13.0. The monoisotopic (exact) mass is 248 g/mol. The topological polar surface area (TPSA) is 67.8 Å². The molecule has 0 radical (unpaired) electrons. The van der Waals surface area contributed by atoms with Crippen molar-refractivity contribution in [3.05, 3.63) is 30.6 Å². The van der Waals surface area contributed by atoms with Crippen molar-refractivity contribution in [3.8, 4) is 5.75 Å². The number of nitrogen functional groups attached to an aromatic ring is 2. The average molecular weight is 248 g/mol. The smallest absolute Gasteiger partial charge is 0.144 e. The van der Waals surface area contributed by atoms with E-state index in [0.717, 1.165) is 19.6 Å². The van der Waals surface area contributed by atoms with Gasteiger partial charge in [0.05, 0.1) is 19.0 Å². The molecule has 0 aliphatic carbocycles. The van der Waals surface area contributed by atoms with E-state index in [9.17, 15) is 0 Å². The summed E-state index contributed by atoms with van der Waals surface area (Å²) in [6.07, 6.45) is 5.11. The molecule has 0 spiro atoms. The van der Waals surface area contributed by atoms with Gasteiger partial charge in [-0.2, -0.15) is 0 Å². The summed E-state index contributed by atoms with van der Waals surface area (Å²) < 4.78 is 5.63. The number of nitrogens with zero attached hydrogens (tertiary/aromatic N) is 2. The van der Waals surface area contributed by atoms with Gasteiger partial charge in [-0.05, 0) is 18.6 Å². The summed E-state index contributed by atoms with van der Waals surface area (Å²) in [6.45, 7) is 2.56. The highest BCUT2D eigenvalue weighted by Gasteiger charge is 2.07. The molecule has 1 heterocycles. The number of rotatable bonds is 5. The molecule has 18 heavy (non-hydrogen) atoms.